The number of rotatable bonds is 2. The minimum absolute atomic E-state index is 0. The minimum Gasteiger partial charge on any atom is -0.394 e. The average Bonchev–Trinajstić information content (AvgIpc) is 2.34. The topological polar surface area (TPSA) is 72.7 Å². The molecule has 11 heavy (non-hydrogen) atoms. The molecule has 0 bridgehead atoms. The van der Waals surface area contributed by atoms with E-state index in [2.05, 4.69) is 5.32 Å². The summed E-state index contributed by atoms with van der Waals surface area (Å²) in [5.74, 6) is -0.204. The van der Waals surface area contributed by atoms with Gasteiger partial charge in [0.25, 0.3) is 0 Å². The number of aliphatic hydroxyl groups excluding tert-OH is 3. The van der Waals surface area contributed by atoms with Crippen LogP contribution in [0, 0.1) is 5.92 Å². The van der Waals surface area contributed by atoms with E-state index in [1.807, 2.05) is 0 Å². The number of hydrogen-bond acceptors (Lipinski definition) is 4. The van der Waals surface area contributed by atoms with Crippen molar-refractivity contribution in [1.29, 1.82) is 0 Å². The van der Waals surface area contributed by atoms with Gasteiger partial charge in [0.05, 0.1) is 18.8 Å². The third-order valence-corrected chi connectivity index (χ3v) is 1.91. The van der Waals surface area contributed by atoms with Crippen LogP contribution in [0.1, 0.15) is 0 Å². The Morgan fingerprint density at radius 2 is 2.09 bits per heavy atom. The van der Waals surface area contributed by atoms with Crippen LogP contribution in [-0.4, -0.2) is 47.2 Å². The molecule has 5 heteroatoms. The zero-order valence-corrected chi connectivity index (χ0v) is 6.92. The lowest BCUT2D eigenvalue weighted by molar-refractivity contribution is 0.00704. The first-order valence-corrected chi connectivity index (χ1v) is 3.43. The van der Waals surface area contributed by atoms with E-state index in [0.29, 0.717) is 13.1 Å². The van der Waals surface area contributed by atoms with Crippen LogP contribution >= 0.6 is 12.4 Å². The Balaban J connectivity index is 0.000001000. The second-order valence-electron chi connectivity index (χ2n) is 2.64. The van der Waals surface area contributed by atoms with Gasteiger partial charge in [0.15, 0.2) is 0 Å². The monoisotopic (exact) mass is 183 g/mol. The molecule has 0 aliphatic carbocycles. The Hall–Kier alpha value is 0.130. The Morgan fingerprint density at radius 1 is 1.45 bits per heavy atom. The van der Waals surface area contributed by atoms with Gasteiger partial charge in [0.2, 0.25) is 0 Å². The molecular formula is C6H14ClNO3. The first kappa shape index (κ1) is 11.1. The van der Waals surface area contributed by atoms with E-state index in [0.717, 1.165) is 0 Å². The van der Waals surface area contributed by atoms with Crippen molar-refractivity contribution in [2.45, 2.75) is 12.2 Å². The summed E-state index contributed by atoms with van der Waals surface area (Å²) in [5.41, 5.74) is 0. The van der Waals surface area contributed by atoms with E-state index in [1.54, 1.807) is 0 Å². The fourth-order valence-electron chi connectivity index (χ4n) is 1.21. The molecule has 0 radical (unpaired) electrons. The molecule has 1 aliphatic rings. The van der Waals surface area contributed by atoms with E-state index in [-0.39, 0.29) is 24.9 Å². The largest absolute Gasteiger partial charge is 0.394 e. The molecule has 1 rings (SSSR count). The SMILES string of the molecule is Cl.OC[C@H](O)[C@@H]1CNC[C@H]1O. The smallest absolute Gasteiger partial charge is 0.0836 e. The number of nitrogens with one attached hydrogen (secondary N) is 1. The van der Waals surface area contributed by atoms with Crippen molar-refractivity contribution in [3.8, 4) is 0 Å². The molecule has 1 fully saturated rings. The summed E-state index contributed by atoms with van der Waals surface area (Å²) in [6, 6.07) is 0. The van der Waals surface area contributed by atoms with Crippen molar-refractivity contribution >= 4 is 12.4 Å². The molecule has 3 atom stereocenters. The molecule has 0 unspecified atom stereocenters. The molecule has 1 aliphatic heterocycles. The van der Waals surface area contributed by atoms with Crippen LogP contribution in [0.3, 0.4) is 0 Å². The highest BCUT2D eigenvalue weighted by Crippen LogP contribution is 2.12. The van der Waals surface area contributed by atoms with Crippen molar-refractivity contribution in [1.82, 2.24) is 5.32 Å². The Labute approximate surface area is 71.6 Å². The van der Waals surface area contributed by atoms with Crippen molar-refractivity contribution in [3.63, 3.8) is 0 Å². The Kier molecular flexibility index (Phi) is 4.96. The lowest BCUT2D eigenvalue weighted by Crippen LogP contribution is -2.32. The van der Waals surface area contributed by atoms with Crippen molar-refractivity contribution in [3.05, 3.63) is 0 Å². The van der Waals surface area contributed by atoms with E-state index < -0.39 is 12.2 Å². The third kappa shape index (κ3) is 2.57. The maximum atomic E-state index is 9.16. The van der Waals surface area contributed by atoms with Crippen molar-refractivity contribution < 1.29 is 15.3 Å². The van der Waals surface area contributed by atoms with Gasteiger partial charge in [-0.15, -0.1) is 12.4 Å². The van der Waals surface area contributed by atoms with E-state index in [4.69, 9.17) is 15.3 Å². The van der Waals surface area contributed by atoms with E-state index in [9.17, 15) is 0 Å². The van der Waals surface area contributed by atoms with Crippen LogP contribution in [0.15, 0.2) is 0 Å². The summed E-state index contributed by atoms with van der Waals surface area (Å²) in [7, 11) is 0. The molecule has 4 N–H and O–H groups in total. The van der Waals surface area contributed by atoms with Gasteiger partial charge in [0.1, 0.15) is 0 Å². The van der Waals surface area contributed by atoms with Crippen LogP contribution < -0.4 is 5.32 Å². The van der Waals surface area contributed by atoms with Gasteiger partial charge in [-0.3, -0.25) is 0 Å². The highest BCUT2D eigenvalue weighted by Gasteiger charge is 2.30. The van der Waals surface area contributed by atoms with Crippen molar-refractivity contribution in [2.24, 2.45) is 5.92 Å². The number of hydrogen-bond donors (Lipinski definition) is 4. The number of halogens is 1. The van der Waals surface area contributed by atoms with Crippen LogP contribution in [0.5, 0.6) is 0 Å². The van der Waals surface area contributed by atoms with Gasteiger partial charge >= 0.3 is 0 Å². The lowest BCUT2D eigenvalue weighted by Gasteiger charge is -2.17. The summed E-state index contributed by atoms with van der Waals surface area (Å²) < 4.78 is 0. The van der Waals surface area contributed by atoms with Crippen molar-refractivity contribution in [2.75, 3.05) is 19.7 Å². The zero-order valence-electron chi connectivity index (χ0n) is 6.10. The zero-order chi connectivity index (χ0) is 7.56. The molecule has 0 aromatic carbocycles. The van der Waals surface area contributed by atoms with Gasteiger partial charge in [-0.1, -0.05) is 0 Å². The van der Waals surface area contributed by atoms with Gasteiger partial charge in [-0.25, -0.2) is 0 Å². The quantitative estimate of drug-likeness (QED) is 0.414. The highest BCUT2D eigenvalue weighted by molar-refractivity contribution is 5.85. The second kappa shape index (κ2) is 4.90. The number of β-amino-alcohol motifs (C(OH)–C–C–N with tert-alkyl or cyclic N) is 1. The highest BCUT2D eigenvalue weighted by atomic mass is 35.5. The maximum Gasteiger partial charge on any atom is 0.0836 e. The van der Waals surface area contributed by atoms with E-state index in [1.165, 1.54) is 0 Å². The van der Waals surface area contributed by atoms with Gasteiger partial charge in [-0.2, -0.15) is 0 Å². The molecular weight excluding hydrogens is 170 g/mol. The fraction of sp³-hybridized carbons (Fsp3) is 1.00. The summed E-state index contributed by atoms with van der Waals surface area (Å²) in [4.78, 5) is 0. The molecule has 0 saturated carbocycles. The molecule has 1 heterocycles. The Morgan fingerprint density at radius 3 is 2.45 bits per heavy atom. The van der Waals surface area contributed by atoms with Gasteiger partial charge < -0.3 is 20.6 Å². The average molecular weight is 184 g/mol. The first-order valence-electron chi connectivity index (χ1n) is 3.43. The summed E-state index contributed by atoms with van der Waals surface area (Å²) in [6.07, 6.45) is -1.30. The molecule has 4 nitrogen and oxygen atoms in total. The predicted molar refractivity (Wildman–Crippen MR) is 42.7 cm³/mol. The Bertz CT molecular complexity index is 114. The maximum absolute atomic E-state index is 9.16. The predicted octanol–water partition coefficient (Wildman–Crippen LogP) is -1.66. The van der Waals surface area contributed by atoms with Gasteiger partial charge in [0, 0.05) is 19.0 Å². The fourth-order valence-corrected chi connectivity index (χ4v) is 1.21. The summed E-state index contributed by atoms with van der Waals surface area (Å²) >= 11 is 0. The summed E-state index contributed by atoms with van der Waals surface area (Å²) in [5, 5.41) is 29.7. The summed E-state index contributed by atoms with van der Waals surface area (Å²) in [6.45, 7) is 0.827. The van der Waals surface area contributed by atoms with Crippen LogP contribution in [0.2, 0.25) is 0 Å². The normalized spacial score (nSPS) is 33.0. The van der Waals surface area contributed by atoms with Crippen LogP contribution in [-0.2, 0) is 0 Å². The molecule has 0 aromatic rings. The molecule has 68 valence electrons. The minimum atomic E-state index is -0.787. The second-order valence-corrected chi connectivity index (χ2v) is 2.64. The lowest BCUT2D eigenvalue weighted by atomic mass is 10.0. The molecule has 1 saturated heterocycles. The standard InChI is InChI=1S/C6H13NO3.ClH/c8-3-6(10)4-1-7-2-5(4)9;/h4-10H,1-3H2;1H/t4-,5-,6+;/m1./s1. The first-order chi connectivity index (χ1) is 4.75. The molecule has 0 amide bonds. The van der Waals surface area contributed by atoms with Gasteiger partial charge in [-0.05, 0) is 0 Å². The third-order valence-electron chi connectivity index (χ3n) is 1.91. The number of aliphatic hydroxyl groups is 3. The van der Waals surface area contributed by atoms with Crippen LogP contribution in [0.25, 0.3) is 0 Å². The molecule has 0 aromatic heterocycles. The van der Waals surface area contributed by atoms with Crippen LogP contribution in [0.4, 0.5) is 0 Å². The van der Waals surface area contributed by atoms with E-state index >= 15 is 0 Å². The molecule has 0 spiro atoms.